The van der Waals surface area contributed by atoms with Crippen LogP contribution in [0, 0.1) is 5.82 Å². The summed E-state index contributed by atoms with van der Waals surface area (Å²) >= 11 is 0. The van der Waals surface area contributed by atoms with Gasteiger partial charge in [-0.3, -0.25) is 0 Å². The molecule has 0 heterocycles. The van der Waals surface area contributed by atoms with E-state index in [9.17, 15) is 9.18 Å². The van der Waals surface area contributed by atoms with Crippen molar-refractivity contribution < 1.29 is 23.8 Å². The van der Waals surface area contributed by atoms with Crippen molar-refractivity contribution in [2.24, 2.45) is 5.73 Å². The van der Waals surface area contributed by atoms with Crippen LogP contribution in [0.25, 0.3) is 0 Å². The van der Waals surface area contributed by atoms with Gasteiger partial charge in [-0.05, 0) is 30.3 Å². The number of halogens is 1. The number of hydrogen-bond donors (Lipinski definition) is 2. The van der Waals surface area contributed by atoms with E-state index in [2.05, 4.69) is 0 Å². The highest BCUT2D eigenvalue weighted by atomic mass is 19.1. The van der Waals surface area contributed by atoms with Crippen LogP contribution >= 0.6 is 0 Å². The van der Waals surface area contributed by atoms with Crippen molar-refractivity contribution in [3.63, 3.8) is 0 Å². The van der Waals surface area contributed by atoms with Crippen LogP contribution in [-0.2, 0) is 6.54 Å². The molecule has 3 N–H and O–H groups in total. The first-order valence-corrected chi connectivity index (χ1v) is 6.13. The zero-order chi connectivity index (χ0) is 15.4. The van der Waals surface area contributed by atoms with Gasteiger partial charge in [0.2, 0.25) is 0 Å². The monoisotopic (exact) mass is 291 g/mol. The molecule has 0 saturated carbocycles. The van der Waals surface area contributed by atoms with Gasteiger partial charge in [-0.15, -0.1) is 0 Å². The molecular formula is C15H14FNO4. The Kier molecular flexibility index (Phi) is 4.39. The highest BCUT2D eigenvalue weighted by Gasteiger charge is 2.14. The second kappa shape index (κ2) is 6.23. The molecule has 0 amide bonds. The molecule has 0 spiro atoms. The molecular weight excluding hydrogens is 277 g/mol. The van der Waals surface area contributed by atoms with E-state index in [4.69, 9.17) is 20.3 Å². The molecule has 0 bridgehead atoms. The minimum absolute atomic E-state index is 0.0163. The molecule has 0 fully saturated rings. The highest BCUT2D eigenvalue weighted by molar-refractivity contribution is 5.88. The molecule has 2 aromatic rings. The number of carboxylic acid groups (broad SMARTS) is 1. The molecule has 0 atom stereocenters. The van der Waals surface area contributed by atoms with Crippen molar-refractivity contribution in [1.82, 2.24) is 0 Å². The van der Waals surface area contributed by atoms with E-state index in [1.54, 1.807) is 6.07 Å². The fourth-order valence-corrected chi connectivity index (χ4v) is 1.84. The maximum Gasteiger partial charge on any atom is 0.335 e. The van der Waals surface area contributed by atoms with Gasteiger partial charge < -0.3 is 20.3 Å². The summed E-state index contributed by atoms with van der Waals surface area (Å²) in [5.41, 5.74) is 5.82. The third kappa shape index (κ3) is 3.11. The summed E-state index contributed by atoms with van der Waals surface area (Å²) in [4.78, 5) is 10.9. The number of methoxy groups -OCH3 is 1. The normalized spacial score (nSPS) is 10.2. The quantitative estimate of drug-likeness (QED) is 0.885. The lowest BCUT2D eigenvalue weighted by Crippen LogP contribution is -2.03. The number of carbonyl (C=O) groups is 1. The second-order valence-corrected chi connectivity index (χ2v) is 4.19. The number of aromatic carboxylic acids is 1. The van der Waals surface area contributed by atoms with E-state index in [1.165, 1.54) is 37.4 Å². The second-order valence-electron chi connectivity index (χ2n) is 4.19. The third-order valence-electron chi connectivity index (χ3n) is 2.91. The number of ether oxygens (including phenoxy) is 2. The Morgan fingerprint density at radius 2 is 2.00 bits per heavy atom. The largest absolute Gasteiger partial charge is 0.493 e. The molecule has 21 heavy (non-hydrogen) atoms. The lowest BCUT2D eigenvalue weighted by molar-refractivity contribution is 0.0696. The topological polar surface area (TPSA) is 81.8 Å². The summed E-state index contributed by atoms with van der Waals surface area (Å²) in [5.74, 6) is -0.756. The lowest BCUT2D eigenvalue weighted by atomic mass is 10.1. The van der Waals surface area contributed by atoms with E-state index < -0.39 is 11.8 Å². The van der Waals surface area contributed by atoms with Crippen LogP contribution in [-0.4, -0.2) is 18.2 Å². The molecule has 2 aromatic carbocycles. The van der Waals surface area contributed by atoms with Crippen molar-refractivity contribution in [2.75, 3.05) is 7.11 Å². The number of hydrogen-bond acceptors (Lipinski definition) is 4. The third-order valence-corrected chi connectivity index (χ3v) is 2.91. The van der Waals surface area contributed by atoms with E-state index in [-0.39, 0.29) is 34.9 Å². The van der Waals surface area contributed by atoms with Crippen molar-refractivity contribution in [3.8, 4) is 17.2 Å². The Labute approximate surface area is 120 Å². The van der Waals surface area contributed by atoms with Gasteiger partial charge in [0.15, 0.2) is 11.5 Å². The van der Waals surface area contributed by atoms with E-state index in [0.717, 1.165) is 0 Å². The first-order chi connectivity index (χ1) is 10.1. The number of benzene rings is 2. The summed E-state index contributed by atoms with van der Waals surface area (Å²) in [6, 6.07) is 8.53. The van der Waals surface area contributed by atoms with Crippen molar-refractivity contribution >= 4 is 5.97 Å². The predicted octanol–water partition coefficient (Wildman–Crippen LogP) is 2.78. The Balaban J connectivity index is 2.40. The molecule has 0 aromatic heterocycles. The molecule has 0 aliphatic heterocycles. The molecule has 0 aliphatic rings. The van der Waals surface area contributed by atoms with Crippen molar-refractivity contribution in [2.45, 2.75) is 6.54 Å². The van der Waals surface area contributed by atoms with Crippen molar-refractivity contribution in [3.05, 3.63) is 53.3 Å². The molecule has 0 saturated heterocycles. The van der Waals surface area contributed by atoms with Gasteiger partial charge >= 0.3 is 5.97 Å². The summed E-state index contributed by atoms with van der Waals surface area (Å²) in [6.07, 6.45) is 0. The molecule has 0 radical (unpaired) electrons. The standard InChI is InChI=1S/C15H14FNO4/c1-20-14-7-9(15(18)19)5-6-13(14)21-12-4-2-3-11(16)10(12)8-17/h2-7H,8,17H2,1H3,(H,18,19). The average Bonchev–Trinajstić information content (AvgIpc) is 2.47. The summed E-state index contributed by atoms with van der Waals surface area (Å²) < 4.78 is 24.3. The average molecular weight is 291 g/mol. The van der Waals surface area contributed by atoms with Crippen LogP contribution in [0.4, 0.5) is 4.39 Å². The predicted molar refractivity (Wildman–Crippen MR) is 74.3 cm³/mol. The van der Waals surface area contributed by atoms with Gasteiger partial charge in [0, 0.05) is 12.1 Å². The van der Waals surface area contributed by atoms with E-state index >= 15 is 0 Å². The molecule has 0 unspecified atom stereocenters. The smallest absolute Gasteiger partial charge is 0.335 e. The SMILES string of the molecule is COc1cc(C(=O)O)ccc1Oc1cccc(F)c1CN. The van der Waals surface area contributed by atoms with Crippen LogP contribution in [0.2, 0.25) is 0 Å². The minimum Gasteiger partial charge on any atom is -0.493 e. The van der Waals surface area contributed by atoms with Crippen molar-refractivity contribution in [1.29, 1.82) is 0 Å². The maximum atomic E-state index is 13.6. The molecule has 5 nitrogen and oxygen atoms in total. The van der Waals surface area contributed by atoms with E-state index in [1.807, 2.05) is 0 Å². The Morgan fingerprint density at radius 1 is 1.24 bits per heavy atom. The lowest BCUT2D eigenvalue weighted by Gasteiger charge is -2.13. The first-order valence-electron chi connectivity index (χ1n) is 6.13. The fraction of sp³-hybridized carbons (Fsp3) is 0.133. The molecule has 0 aliphatic carbocycles. The van der Waals surface area contributed by atoms with Gasteiger partial charge in [-0.2, -0.15) is 0 Å². The summed E-state index contributed by atoms with van der Waals surface area (Å²) in [7, 11) is 1.39. The van der Waals surface area contributed by atoms with Crippen LogP contribution in [0.5, 0.6) is 17.2 Å². The van der Waals surface area contributed by atoms with Crippen LogP contribution in [0.1, 0.15) is 15.9 Å². The minimum atomic E-state index is -1.08. The van der Waals surface area contributed by atoms with Gasteiger partial charge in [0.1, 0.15) is 11.6 Å². The molecule has 110 valence electrons. The molecule has 6 heteroatoms. The van der Waals surface area contributed by atoms with Gasteiger partial charge in [0.25, 0.3) is 0 Å². The van der Waals surface area contributed by atoms with Gasteiger partial charge in [-0.25, -0.2) is 9.18 Å². The van der Waals surface area contributed by atoms with Gasteiger partial charge in [-0.1, -0.05) is 6.07 Å². The Bertz CT molecular complexity index is 673. The zero-order valence-electron chi connectivity index (χ0n) is 11.3. The number of rotatable bonds is 5. The van der Waals surface area contributed by atoms with Crippen LogP contribution in [0.15, 0.2) is 36.4 Å². The summed E-state index contributed by atoms with van der Waals surface area (Å²) in [6.45, 7) is -0.0163. The molecule has 2 rings (SSSR count). The van der Waals surface area contributed by atoms with Gasteiger partial charge in [0.05, 0.1) is 12.7 Å². The number of nitrogens with two attached hydrogens (primary N) is 1. The Morgan fingerprint density at radius 3 is 2.62 bits per heavy atom. The zero-order valence-corrected chi connectivity index (χ0v) is 11.3. The first kappa shape index (κ1) is 14.8. The van der Waals surface area contributed by atoms with Crippen LogP contribution < -0.4 is 15.2 Å². The highest BCUT2D eigenvalue weighted by Crippen LogP contribution is 2.34. The van der Waals surface area contributed by atoms with Crippen LogP contribution in [0.3, 0.4) is 0 Å². The number of carboxylic acids is 1. The van der Waals surface area contributed by atoms with E-state index in [0.29, 0.717) is 0 Å². The maximum absolute atomic E-state index is 13.6. The fourth-order valence-electron chi connectivity index (χ4n) is 1.84. The Hall–Kier alpha value is -2.60. The summed E-state index contributed by atoms with van der Waals surface area (Å²) in [5, 5.41) is 8.94.